The summed E-state index contributed by atoms with van der Waals surface area (Å²) in [6.45, 7) is 6.92. The lowest BCUT2D eigenvalue weighted by atomic mass is 10.1. The Morgan fingerprint density at radius 2 is 2.22 bits per heavy atom. The number of carbonyl (C=O) groups excluding carboxylic acids is 1. The van der Waals surface area contributed by atoms with Crippen molar-refractivity contribution < 1.29 is 9.32 Å². The first-order chi connectivity index (χ1) is 13.2. The summed E-state index contributed by atoms with van der Waals surface area (Å²) < 4.78 is 5.36. The third kappa shape index (κ3) is 3.61. The van der Waals surface area contributed by atoms with Crippen LogP contribution in [0.5, 0.6) is 0 Å². The smallest absolute Gasteiger partial charge is 0.259 e. The van der Waals surface area contributed by atoms with E-state index in [1.807, 2.05) is 30.5 Å². The van der Waals surface area contributed by atoms with Gasteiger partial charge in [-0.05, 0) is 56.8 Å². The first kappa shape index (κ1) is 18.1. The van der Waals surface area contributed by atoms with Gasteiger partial charge in [0.15, 0.2) is 0 Å². The van der Waals surface area contributed by atoms with Crippen LogP contribution >= 0.6 is 11.3 Å². The van der Waals surface area contributed by atoms with Crippen LogP contribution in [0.3, 0.4) is 0 Å². The summed E-state index contributed by atoms with van der Waals surface area (Å²) in [6, 6.07) is 6.20. The first-order valence-corrected chi connectivity index (χ1v) is 10.4. The van der Waals surface area contributed by atoms with Gasteiger partial charge in [0, 0.05) is 12.6 Å². The summed E-state index contributed by atoms with van der Waals surface area (Å²) in [6.07, 6.45) is 3.53. The van der Waals surface area contributed by atoms with Crippen molar-refractivity contribution in [1.29, 1.82) is 0 Å². The molecule has 3 aromatic rings. The number of aryl methyl sites for hydroxylation is 1. The van der Waals surface area contributed by atoms with E-state index in [0.29, 0.717) is 34.9 Å². The normalized spacial score (nSPS) is 16.1. The molecule has 0 spiro atoms. The van der Waals surface area contributed by atoms with Crippen LogP contribution in [0, 0.1) is 6.92 Å². The highest BCUT2D eigenvalue weighted by atomic mass is 32.1. The number of rotatable bonds is 6. The number of fused-ring (bicyclic) bond motifs is 1. The number of carbonyl (C=O) groups is 1. The van der Waals surface area contributed by atoms with Crippen molar-refractivity contribution in [1.82, 2.24) is 20.4 Å². The number of likely N-dealkylation sites (tertiary alicyclic amines) is 1. The van der Waals surface area contributed by atoms with E-state index < -0.39 is 0 Å². The molecule has 4 heterocycles. The van der Waals surface area contributed by atoms with Crippen LogP contribution < -0.4 is 5.32 Å². The van der Waals surface area contributed by atoms with E-state index >= 15 is 0 Å². The average Bonchev–Trinajstić information content (AvgIpc) is 3.44. The van der Waals surface area contributed by atoms with Crippen LogP contribution in [0.25, 0.3) is 21.7 Å². The van der Waals surface area contributed by atoms with Gasteiger partial charge in [-0.2, -0.15) is 0 Å². The lowest BCUT2D eigenvalue weighted by Gasteiger charge is -2.26. The van der Waals surface area contributed by atoms with Crippen LogP contribution in [0.2, 0.25) is 0 Å². The van der Waals surface area contributed by atoms with Crippen LogP contribution in [-0.4, -0.2) is 46.6 Å². The molecule has 6 nitrogen and oxygen atoms in total. The molecule has 0 radical (unpaired) electrons. The van der Waals surface area contributed by atoms with Gasteiger partial charge in [-0.3, -0.25) is 9.69 Å². The molecule has 0 bridgehead atoms. The number of amides is 1. The molecule has 142 valence electrons. The highest BCUT2D eigenvalue weighted by Gasteiger charge is 2.23. The van der Waals surface area contributed by atoms with Crippen molar-refractivity contribution >= 4 is 28.3 Å². The zero-order valence-electron chi connectivity index (χ0n) is 15.7. The molecule has 1 atom stereocenters. The van der Waals surface area contributed by atoms with E-state index in [1.54, 1.807) is 11.3 Å². The van der Waals surface area contributed by atoms with E-state index in [4.69, 9.17) is 4.52 Å². The van der Waals surface area contributed by atoms with E-state index in [9.17, 15) is 4.79 Å². The second-order valence-electron chi connectivity index (χ2n) is 7.00. The molecule has 27 heavy (non-hydrogen) atoms. The molecule has 3 aromatic heterocycles. The molecule has 1 fully saturated rings. The summed E-state index contributed by atoms with van der Waals surface area (Å²) in [4.78, 5) is 21.1. The van der Waals surface area contributed by atoms with Crippen LogP contribution in [0.4, 0.5) is 0 Å². The van der Waals surface area contributed by atoms with Crippen molar-refractivity contribution in [3.05, 3.63) is 34.8 Å². The predicted molar refractivity (Wildman–Crippen MR) is 107 cm³/mol. The second kappa shape index (κ2) is 7.78. The van der Waals surface area contributed by atoms with Gasteiger partial charge in [-0.15, -0.1) is 11.3 Å². The van der Waals surface area contributed by atoms with Gasteiger partial charge in [-0.25, -0.2) is 4.98 Å². The Balaban J connectivity index is 1.61. The lowest BCUT2D eigenvalue weighted by molar-refractivity contribution is 0.0938. The maximum absolute atomic E-state index is 13.0. The van der Waals surface area contributed by atoms with Crippen LogP contribution in [0.15, 0.2) is 28.1 Å². The van der Waals surface area contributed by atoms with Crippen molar-refractivity contribution in [3.8, 4) is 10.6 Å². The number of aromatic nitrogens is 2. The van der Waals surface area contributed by atoms with Crippen LogP contribution in [-0.2, 0) is 0 Å². The fraction of sp³-hybridized carbons (Fsp3) is 0.450. The fourth-order valence-corrected chi connectivity index (χ4v) is 4.45. The second-order valence-corrected chi connectivity index (χ2v) is 7.94. The maximum Gasteiger partial charge on any atom is 0.259 e. The standard InChI is InChI=1S/C20H24N4O2S/c1-3-14(24-8-4-5-9-24)12-21-19(25)15-11-16(17-7-6-10-27-17)22-20-18(15)13(2)23-26-20/h6-7,10-11,14H,3-5,8-9,12H2,1-2H3,(H,21,25). The van der Waals surface area contributed by atoms with Gasteiger partial charge in [0.1, 0.15) is 0 Å². The number of thiophene rings is 1. The summed E-state index contributed by atoms with van der Waals surface area (Å²) in [5.41, 5.74) is 2.42. The SMILES string of the molecule is CCC(CNC(=O)c1cc(-c2cccs2)nc2onc(C)c12)N1CCCC1. The molecule has 1 amide bonds. The molecule has 1 aliphatic heterocycles. The molecule has 0 saturated carbocycles. The minimum atomic E-state index is -0.0934. The predicted octanol–water partition coefficient (Wildman–Crippen LogP) is 3.86. The van der Waals surface area contributed by atoms with E-state index in [2.05, 4.69) is 27.3 Å². The number of nitrogens with one attached hydrogen (secondary N) is 1. The quantitative estimate of drug-likeness (QED) is 0.699. The van der Waals surface area contributed by atoms with Gasteiger partial charge >= 0.3 is 0 Å². The maximum atomic E-state index is 13.0. The molecular weight excluding hydrogens is 360 g/mol. The summed E-state index contributed by atoms with van der Waals surface area (Å²) in [7, 11) is 0. The molecule has 7 heteroatoms. The molecule has 1 N–H and O–H groups in total. The van der Waals surface area contributed by atoms with E-state index in [-0.39, 0.29) is 5.91 Å². The van der Waals surface area contributed by atoms with Gasteiger partial charge in [0.25, 0.3) is 11.6 Å². The minimum Gasteiger partial charge on any atom is -0.350 e. The molecular formula is C20H24N4O2S. The highest BCUT2D eigenvalue weighted by Crippen LogP contribution is 2.29. The lowest BCUT2D eigenvalue weighted by Crippen LogP contribution is -2.42. The molecule has 0 aromatic carbocycles. The summed E-state index contributed by atoms with van der Waals surface area (Å²) >= 11 is 1.59. The molecule has 4 rings (SSSR count). The summed E-state index contributed by atoms with van der Waals surface area (Å²) in [5, 5.41) is 9.84. The number of hydrogen-bond acceptors (Lipinski definition) is 6. The van der Waals surface area contributed by atoms with Gasteiger partial charge < -0.3 is 9.84 Å². The minimum absolute atomic E-state index is 0.0934. The largest absolute Gasteiger partial charge is 0.350 e. The summed E-state index contributed by atoms with van der Waals surface area (Å²) in [5.74, 6) is -0.0934. The third-order valence-corrected chi connectivity index (χ3v) is 6.15. The Morgan fingerprint density at radius 3 is 2.93 bits per heavy atom. The van der Waals surface area contributed by atoms with Crippen molar-refractivity contribution in [2.75, 3.05) is 19.6 Å². The Kier molecular flexibility index (Phi) is 5.22. The molecule has 0 aliphatic carbocycles. The number of pyridine rings is 1. The van der Waals surface area contributed by atoms with Gasteiger partial charge in [0.05, 0.1) is 27.2 Å². The number of hydrogen-bond donors (Lipinski definition) is 1. The zero-order valence-corrected chi connectivity index (χ0v) is 16.5. The number of nitrogens with zero attached hydrogens (tertiary/aromatic N) is 3. The molecule has 1 aliphatic rings. The topological polar surface area (TPSA) is 71.3 Å². The van der Waals surface area contributed by atoms with Gasteiger partial charge in [0.2, 0.25) is 0 Å². The fourth-order valence-electron chi connectivity index (χ4n) is 3.77. The van der Waals surface area contributed by atoms with Crippen molar-refractivity contribution in [2.24, 2.45) is 0 Å². The monoisotopic (exact) mass is 384 g/mol. The average molecular weight is 385 g/mol. The highest BCUT2D eigenvalue weighted by molar-refractivity contribution is 7.13. The Bertz CT molecular complexity index is 929. The van der Waals surface area contributed by atoms with Crippen molar-refractivity contribution in [3.63, 3.8) is 0 Å². The van der Waals surface area contributed by atoms with Crippen molar-refractivity contribution in [2.45, 2.75) is 39.2 Å². The Labute approximate surface area is 162 Å². The Hall–Kier alpha value is -2.25. The first-order valence-electron chi connectivity index (χ1n) is 9.50. The van der Waals surface area contributed by atoms with E-state index in [1.165, 1.54) is 12.8 Å². The Morgan fingerprint density at radius 1 is 1.41 bits per heavy atom. The van der Waals surface area contributed by atoms with Crippen LogP contribution in [0.1, 0.15) is 42.2 Å². The molecule has 1 unspecified atom stereocenters. The third-order valence-electron chi connectivity index (χ3n) is 5.26. The van der Waals surface area contributed by atoms with E-state index in [0.717, 1.165) is 30.1 Å². The van der Waals surface area contributed by atoms with Gasteiger partial charge in [-0.1, -0.05) is 18.1 Å². The zero-order chi connectivity index (χ0) is 18.8. The molecule has 1 saturated heterocycles.